The van der Waals surface area contributed by atoms with Gasteiger partial charge < -0.3 is 24.3 Å². The lowest BCUT2D eigenvalue weighted by Gasteiger charge is -2.17. The lowest BCUT2D eigenvalue weighted by Crippen LogP contribution is -2.24. The first-order valence-electron chi connectivity index (χ1n) is 8.85. The van der Waals surface area contributed by atoms with Crippen LogP contribution in [0.15, 0.2) is 54.7 Å². The molecular formula is C21H23N3O5. The van der Waals surface area contributed by atoms with Crippen LogP contribution in [0.4, 0.5) is 5.82 Å². The van der Waals surface area contributed by atoms with Gasteiger partial charge in [-0.25, -0.2) is 4.68 Å². The first-order valence-corrected chi connectivity index (χ1v) is 8.85. The van der Waals surface area contributed by atoms with Crippen molar-refractivity contribution in [1.82, 2.24) is 9.78 Å². The van der Waals surface area contributed by atoms with E-state index >= 15 is 0 Å². The first kappa shape index (κ1) is 20.2. The summed E-state index contributed by atoms with van der Waals surface area (Å²) >= 11 is 0. The Morgan fingerprint density at radius 1 is 0.931 bits per heavy atom. The molecule has 0 aliphatic carbocycles. The summed E-state index contributed by atoms with van der Waals surface area (Å²) in [4.78, 5) is 12.9. The van der Waals surface area contributed by atoms with Gasteiger partial charge in [-0.2, -0.15) is 5.10 Å². The van der Waals surface area contributed by atoms with Gasteiger partial charge in [-0.1, -0.05) is 12.1 Å². The molecular weight excluding hydrogens is 374 g/mol. The molecule has 1 heterocycles. The van der Waals surface area contributed by atoms with E-state index in [1.807, 2.05) is 6.07 Å². The van der Waals surface area contributed by atoms with E-state index in [1.165, 1.54) is 7.11 Å². The molecule has 3 rings (SSSR count). The van der Waals surface area contributed by atoms with Crippen LogP contribution in [0.5, 0.6) is 17.2 Å². The number of benzene rings is 2. The van der Waals surface area contributed by atoms with Gasteiger partial charge in [-0.3, -0.25) is 4.79 Å². The number of aromatic nitrogens is 2. The molecule has 29 heavy (non-hydrogen) atoms. The predicted molar refractivity (Wildman–Crippen MR) is 108 cm³/mol. The summed E-state index contributed by atoms with van der Waals surface area (Å²) in [6.45, 7) is 0. The molecule has 1 aromatic heterocycles. The monoisotopic (exact) mass is 397 g/mol. The molecule has 1 N–H and O–H groups in total. The van der Waals surface area contributed by atoms with E-state index in [0.717, 1.165) is 0 Å². The molecule has 3 aromatic rings. The molecule has 152 valence electrons. The molecule has 0 spiro atoms. The number of rotatable bonds is 8. The summed E-state index contributed by atoms with van der Waals surface area (Å²) in [5.41, 5.74) is 1.42. The normalized spacial score (nSPS) is 11.6. The molecule has 8 heteroatoms. The highest BCUT2D eigenvalue weighted by atomic mass is 16.5. The number of methoxy groups -OCH3 is 4. The fourth-order valence-electron chi connectivity index (χ4n) is 2.93. The molecule has 0 radical (unpaired) electrons. The van der Waals surface area contributed by atoms with E-state index in [2.05, 4.69) is 10.4 Å². The van der Waals surface area contributed by atoms with Crippen molar-refractivity contribution >= 4 is 11.7 Å². The average molecular weight is 397 g/mol. The highest BCUT2D eigenvalue weighted by molar-refractivity contribution is 5.94. The van der Waals surface area contributed by atoms with Crippen LogP contribution in [0.2, 0.25) is 0 Å². The second-order valence-electron chi connectivity index (χ2n) is 6.05. The lowest BCUT2D eigenvalue weighted by atomic mass is 10.1. The minimum absolute atomic E-state index is 0.320. The highest BCUT2D eigenvalue weighted by Crippen LogP contribution is 2.30. The van der Waals surface area contributed by atoms with Crippen LogP contribution in [0.1, 0.15) is 11.7 Å². The minimum Gasteiger partial charge on any atom is -0.497 e. The molecule has 1 unspecified atom stereocenters. The van der Waals surface area contributed by atoms with Crippen molar-refractivity contribution in [2.24, 2.45) is 0 Å². The standard InChI is InChI=1S/C21H23N3O5/c1-26-16-8-5-14(6-9-16)20(29-4)21(25)23-19-11-12-22-24(19)15-7-10-17(27-2)18(13-15)28-3/h5-13,20H,1-4H3,(H,23,25). The fraction of sp³-hybridized carbons (Fsp3) is 0.238. The SMILES string of the molecule is COc1ccc(C(OC)C(=O)Nc2ccnn2-c2ccc(OC)c(OC)c2)cc1. The predicted octanol–water partition coefficient (Wildman–Crippen LogP) is 3.22. The van der Waals surface area contributed by atoms with Gasteiger partial charge in [0.1, 0.15) is 11.6 Å². The zero-order chi connectivity index (χ0) is 20.8. The van der Waals surface area contributed by atoms with E-state index in [4.69, 9.17) is 18.9 Å². The van der Waals surface area contributed by atoms with Gasteiger partial charge in [0.25, 0.3) is 5.91 Å². The Bertz CT molecular complexity index is 969. The Morgan fingerprint density at radius 2 is 1.66 bits per heavy atom. The highest BCUT2D eigenvalue weighted by Gasteiger charge is 2.22. The van der Waals surface area contributed by atoms with Crippen LogP contribution >= 0.6 is 0 Å². The van der Waals surface area contributed by atoms with Crippen LogP contribution in [0, 0.1) is 0 Å². The summed E-state index contributed by atoms with van der Waals surface area (Å²) < 4.78 is 22.8. The van der Waals surface area contributed by atoms with E-state index in [-0.39, 0.29) is 5.91 Å². The number of hydrogen-bond donors (Lipinski definition) is 1. The van der Waals surface area contributed by atoms with Crippen LogP contribution in [0.25, 0.3) is 5.69 Å². The molecule has 1 amide bonds. The smallest absolute Gasteiger partial charge is 0.259 e. The number of amides is 1. The van der Waals surface area contributed by atoms with Gasteiger partial charge in [0, 0.05) is 19.2 Å². The van der Waals surface area contributed by atoms with Crippen molar-refractivity contribution in [2.75, 3.05) is 33.8 Å². The summed E-state index contributed by atoms with van der Waals surface area (Å²) in [5, 5.41) is 7.17. The largest absolute Gasteiger partial charge is 0.497 e. The zero-order valence-corrected chi connectivity index (χ0v) is 16.7. The number of hydrogen-bond acceptors (Lipinski definition) is 6. The van der Waals surface area contributed by atoms with Crippen molar-refractivity contribution < 1.29 is 23.7 Å². The van der Waals surface area contributed by atoms with Crippen LogP contribution in [-0.4, -0.2) is 44.1 Å². The van der Waals surface area contributed by atoms with Gasteiger partial charge in [-0.05, 0) is 29.8 Å². The van der Waals surface area contributed by atoms with E-state index in [1.54, 1.807) is 74.7 Å². The van der Waals surface area contributed by atoms with Crippen LogP contribution < -0.4 is 19.5 Å². The quantitative estimate of drug-likeness (QED) is 0.628. The third kappa shape index (κ3) is 4.33. The van der Waals surface area contributed by atoms with Crippen molar-refractivity contribution in [2.45, 2.75) is 6.10 Å². The molecule has 0 aliphatic heterocycles. The maximum Gasteiger partial charge on any atom is 0.259 e. The second-order valence-corrected chi connectivity index (χ2v) is 6.05. The fourth-order valence-corrected chi connectivity index (χ4v) is 2.93. The van der Waals surface area contributed by atoms with Gasteiger partial charge in [0.05, 0.1) is 33.2 Å². The van der Waals surface area contributed by atoms with Gasteiger partial charge >= 0.3 is 0 Å². The van der Waals surface area contributed by atoms with Crippen molar-refractivity contribution in [1.29, 1.82) is 0 Å². The average Bonchev–Trinajstić information content (AvgIpc) is 3.22. The first-order chi connectivity index (χ1) is 14.1. The Balaban J connectivity index is 1.84. The second kappa shape index (κ2) is 9.11. The van der Waals surface area contributed by atoms with Crippen molar-refractivity contribution in [3.8, 4) is 22.9 Å². The third-order valence-corrected chi connectivity index (χ3v) is 4.40. The maximum absolute atomic E-state index is 12.9. The maximum atomic E-state index is 12.9. The minimum atomic E-state index is -0.783. The molecule has 0 fully saturated rings. The Hall–Kier alpha value is -3.52. The number of carbonyl (C=O) groups is 1. The van der Waals surface area contributed by atoms with Gasteiger partial charge in [-0.15, -0.1) is 0 Å². The number of ether oxygens (including phenoxy) is 4. The number of nitrogens with zero attached hydrogens (tertiary/aromatic N) is 2. The molecule has 0 saturated carbocycles. The van der Waals surface area contributed by atoms with Crippen LogP contribution in [0.3, 0.4) is 0 Å². The topological polar surface area (TPSA) is 83.8 Å². The molecule has 0 aliphatic rings. The summed E-state index contributed by atoms with van der Waals surface area (Å²) in [6, 6.07) is 14.2. The summed E-state index contributed by atoms with van der Waals surface area (Å²) in [5.74, 6) is 2.05. The van der Waals surface area contributed by atoms with Gasteiger partial charge in [0.15, 0.2) is 17.6 Å². The molecule has 8 nitrogen and oxygen atoms in total. The van der Waals surface area contributed by atoms with E-state index in [0.29, 0.717) is 34.3 Å². The molecule has 2 aromatic carbocycles. The zero-order valence-electron chi connectivity index (χ0n) is 16.7. The van der Waals surface area contributed by atoms with Crippen molar-refractivity contribution in [3.63, 3.8) is 0 Å². The third-order valence-electron chi connectivity index (χ3n) is 4.40. The Labute approximate surface area is 169 Å². The Kier molecular flexibility index (Phi) is 6.36. The molecule has 1 atom stereocenters. The van der Waals surface area contributed by atoms with Crippen LogP contribution in [-0.2, 0) is 9.53 Å². The lowest BCUT2D eigenvalue weighted by molar-refractivity contribution is -0.126. The summed E-state index contributed by atoms with van der Waals surface area (Å²) in [6.07, 6.45) is 0.816. The van der Waals surface area contributed by atoms with Crippen molar-refractivity contribution in [3.05, 3.63) is 60.3 Å². The number of nitrogens with one attached hydrogen (secondary N) is 1. The number of carbonyl (C=O) groups excluding carboxylic acids is 1. The summed E-state index contributed by atoms with van der Waals surface area (Å²) in [7, 11) is 6.21. The van der Waals surface area contributed by atoms with E-state index < -0.39 is 6.10 Å². The molecule has 0 saturated heterocycles. The van der Waals surface area contributed by atoms with E-state index in [9.17, 15) is 4.79 Å². The molecule has 0 bridgehead atoms. The Morgan fingerprint density at radius 3 is 2.28 bits per heavy atom. The van der Waals surface area contributed by atoms with Gasteiger partial charge in [0.2, 0.25) is 0 Å². The number of anilines is 1.